The van der Waals surface area contributed by atoms with Crippen molar-refractivity contribution >= 4 is 17.3 Å². The van der Waals surface area contributed by atoms with Gasteiger partial charge in [-0.2, -0.15) is 0 Å². The molecule has 5 heteroatoms. The molecule has 0 spiro atoms. The summed E-state index contributed by atoms with van der Waals surface area (Å²) in [5.41, 5.74) is 2.36. The maximum atomic E-state index is 5.05. The van der Waals surface area contributed by atoms with Crippen LogP contribution >= 0.6 is 12.2 Å². The van der Waals surface area contributed by atoms with Gasteiger partial charge < -0.3 is 15.6 Å². The van der Waals surface area contributed by atoms with Gasteiger partial charge >= 0.3 is 0 Å². The van der Waals surface area contributed by atoms with E-state index in [1.54, 1.807) is 0 Å². The second-order valence-electron chi connectivity index (χ2n) is 2.30. The van der Waals surface area contributed by atoms with Crippen molar-refractivity contribution in [2.45, 2.75) is 6.92 Å². The molecule has 0 rings (SSSR count). The number of hydrogen-bond donors (Lipinski definition) is 3. The topological polar surface area (TPSA) is 53.3 Å². The monoisotopic (exact) mass is 176 g/mol. The van der Waals surface area contributed by atoms with E-state index in [-0.39, 0.29) is 0 Å². The van der Waals surface area contributed by atoms with Crippen molar-refractivity contribution in [2.75, 3.05) is 26.7 Å². The van der Waals surface area contributed by atoms with E-state index in [1.165, 1.54) is 0 Å². The summed E-state index contributed by atoms with van der Waals surface area (Å²) in [6.45, 7) is 4.95. The Labute approximate surface area is 73.1 Å². The minimum Gasteiger partial charge on any atom is -0.360 e. The van der Waals surface area contributed by atoms with E-state index in [0.717, 1.165) is 19.6 Å². The van der Waals surface area contributed by atoms with Crippen molar-refractivity contribution < 1.29 is 0 Å². The van der Waals surface area contributed by atoms with Gasteiger partial charge in [-0.1, -0.05) is 6.92 Å². The molecule has 0 saturated heterocycles. The average molecular weight is 176 g/mol. The lowest BCUT2D eigenvalue weighted by Gasteiger charge is -2.14. The van der Waals surface area contributed by atoms with E-state index in [2.05, 4.69) is 29.6 Å². The first-order valence-electron chi connectivity index (χ1n) is 3.63. The summed E-state index contributed by atoms with van der Waals surface area (Å²) in [5.74, 6) is 5.05. The van der Waals surface area contributed by atoms with Gasteiger partial charge in [0.05, 0.1) is 0 Å². The van der Waals surface area contributed by atoms with Gasteiger partial charge in [0.2, 0.25) is 0 Å². The molecular formula is C6H16N4S. The van der Waals surface area contributed by atoms with Crippen molar-refractivity contribution in [2.24, 2.45) is 5.84 Å². The number of thiocarbonyl (C=S) groups is 1. The lowest BCUT2D eigenvalue weighted by molar-refractivity contribution is 0.357. The molecule has 0 atom stereocenters. The minimum absolute atomic E-state index is 0.495. The minimum atomic E-state index is 0.495. The third kappa shape index (κ3) is 6.03. The van der Waals surface area contributed by atoms with Crippen molar-refractivity contribution in [1.82, 2.24) is 15.6 Å². The Balaban J connectivity index is 3.20. The molecule has 0 fully saturated rings. The Kier molecular flexibility index (Phi) is 6.10. The molecular weight excluding hydrogens is 160 g/mol. The van der Waals surface area contributed by atoms with Gasteiger partial charge in [0, 0.05) is 13.1 Å². The fraction of sp³-hybridized carbons (Fsp3) is 0.833. The lowest BCUT2D eigenvalue weighted by Crippen LogP contribution is -2.42. The first kappa shape index (κ1) is 10.6. The van der Waals surface area contributed by atoms with Crippen LogP contribution in [0.1, 0.15) is 6.92 Å². The molecule has 0 saturated carbocycles. The van der Waals surface area contributed by atoms with Crippen LogP contribution in [0.2, 0.25) is 0 Å². The normalized spacial score (nSPS) is 9.82. The molecule has 0 unspecified atom stereocenters. The van der Waals surface area contributed by atoms with Gasteiger partial charge in [-0.05, 0) is 25.8 Å². The third-order valence-electron chi connectivity index (χ3n) is 1.45. The SMILES string of the molecule is CCN(C)CCNC(=S)NN. The molecule has 0 aliphatic rings. The van der Waals surface area contributed by atoms with E-state index in [9.17, 15) is 0 Å². The summed E-state index contributed by atoms with van der Waals surface area (Å²) in [6, 6.07) is 0. The average Bonchev–Trinajstić information content (AvgIpc) is 2.04. The van der Waals surface area contributed by atoms with Gasteiger partial charge in [0.15, 0.2) is 5.11 Å². The van der Waals surface area contributed by atoms with Crippen LogP contribution in [-0.4, -0.2) is 36.7 Å². The highest BCUT2D eigenvalue weighted by Gasteiger charge is 1.93. The number of hydrogen-bond acceptors (Lipinski definition) is 3. The number of nitrogens with two attached hydrogens (primary N) is 1. The van der Waals surface area contributed by atoms with Gasteiger partial charge in [-0.15, -0.1) is 0 Å². The molecule has 0 aromatic carbocycles. The largest absolute Gasteiger partial charge is 0.360 e. The number of rotatable bonds is 4. The zero-order valence-corrected chi connectivity index (χ0v) is 7.87. The third-order valence-corrected chi connectivity index (χ3v) is 1.71. The van der Waals surface area contributed by atoms with E-state index in [1.807, 2.05) is 0 Å². The highest BCUT2D eigenvalue weighted by atomic mass is 32.1. The second kappa shape index (κ2) is 6.33. The van der Waals surface area contributed by atoms with Gasteiger partial charge in [0.1, 0.15) is 0 Å². The summed E-state index contributed by atoms with van der Waals surface area (Å²) in [6.07, 6.45) is 0. The zero-order chi connectivity index (χ0) is 8.69. The smallest absolute Gasteiger partial charge is 0.180 e. The van der Waals surface area contributed by atoms with Gasteiger partial charge in [-0.25, -0.2) is 5.84 Å². The predicted octanol–water partition coefficient (Wildman–Crippen LogP) is -0.724. The zero-order valence-electron chi connectivity index (χ0n) is 7.05. The van der Waals surface area contributed by atoms with E-state index in [4.69, 9.17) is 18.1 Å². The highest BCUT2D eigenvalue weighted by Crippen LogP contribution is 1.77. The maximum Gasteiger partial charge on any atom is 0.180 e. The quantitative estimate of drug-likeness (QED) is 0.300. The Bertz CT molecular complexity index is 117. The van der Waals surface area contributed by atoms with Crippen molar-refractivity contribution in [3.63, 3.8) is 0 Å². The Morgan fingerprint density at radius 3 is 2.73 bits per heavy atom. The van der Waals surface area contributed by atoms with Crippen molar-refractivity contribution in [3.05, 3.63) is 0 Å². The van der Waals surface area contributed by atoms with Crippen LogP contribution in [-0.2, 0) is 0 Å². The Morgan fingerprint density at radius 2 is 2.27 bits per heavy atom. The summed E-state index contributed by atoms with van der Waals surface area (Å²) in [7, 11) is 2.06. The molecule has 4 N–H and O–H groups in total. The van der Waals surface area contributed by atoms with Crippen molar-refractivity contribution in [3.8, 4) is 0 Å². The molecule has 11 heavy (non-hydrogen) atoms. The predicted molar refractivity (Wildman–Crippen MR) is 51.1 cm³/mol. The van der Waals surface area contributed by atoms with Crippen LogP contribution in [0.4, 0.5) is 0 Å². The molecule has 0 radical (unpaired) electrons. The van der Waals surface area contributed by atoms with Crippen LogP contribution in [0, 0.1) is 0 Å². The fourth-order valence-electron chi connectivity index (χ4n) is 0.569. The number of nitrogens with zero attached hydrogens (tertiary/aromatic N) is 1. The number of hydrazine groups is 1. The van der Waals surface area contributed by atoms with Crippen LogP contribution < -0.4 is 16.6 Å². The number of likely N-dealkylation sites (N-methyl/N-ethyl adjacent to an activating group) is 1. The second-order valence-corrected chi connectivity index (χ2v) is 2.70. The lowest BCUT2D eigenvalue weighted by atomic mass is 10.5. The van der Waals surface area contributed by atoms with E-state index >= 15 is 0 Å². The first-order valence-corrected chi connectivity index (χ1v) is 4.04. The maximum absolute atomic E-state index is 5.05. The summed E-state index contributed by atoms with van der Waals surface area (Å²) < 4.78 is 0. The Morgan fingerprint density at radius 1 is 1.64 bits per heavy atom. The van der Waals surface area contributed by atoms with E-state index < -0.39 is 0 Å². The molecule has 0 aliphatic heterocycles. The Hall–Kier alpha value is -0.390. The van der Waals surface area contributed by atoms with Crippen LogP contribution in [0.25, 0.3) is 0 Å². The molecule has 0 amide bonds. The molecule has 4 nitrogen and oxygen atoms in total. The highest BCUT2D eigenvalue weighted by molar-refractivity contribution is 7.80. The van der Waals surface area contributed by atoms with Crippen LogP contribution in [0.5, 0.6) is 0 Å². The van der Waals surface area contributed by atoms with Gasteiger partial charge in [-0.3, -0.25) is 0 Å². The molecule has 0 bridgehead atoms. The fourth-order valence-corrected chi connectivity index (χ4v) is 0.672. The summed E-state index contributed by atoms with van der Waals surface area (Å²) in [5, 5.41) is 3.45. The first-order chi connectivity index (χ1) is 5.20. The molecule has 0 aromatic heterocycles. The molecule has 0 aliphatic carbocycles. The number of nitrogens with one attached hydrogen (secondary N) is 2. The summed E-state index contributed by atoms with van der Waals surface area (Å²) >= 11 is 4.78. The van der Waals surface area contributed by atoms with E-state index in [0.29, 0.717) is 5.11 Å². The van der Waals surface area contributed by atoms with Crippen LogP contribution in [0.3, 0.4) is 0 Å². The van der Waals surface area contributed by atoms with Gasteiger partial charge in [0.25, 0.3) is 0 Å². The standard InChI is InChI=1S/C6H16N4S/c1-3-10(2)5-4-8-6(11)9-7/h3-5,7H2,1-2H3,(H2,8,9,11). The molecule has 0 heterocycles. The van der Waals surface area contributed by atoms with Crippen molar-refractivity contribution in [1.29, 1.82) is 0 Å². The molecule has 0 aromatic rings. The molecule has 66 valence electrons. The summed E-state index contributed by atoms with van der Waals surface area (Å²) in [4.78, 5) is 2.19. The van der Waals surface area contributed by atoms with Crippen LogP contribution in [0.15, 0.2) is 0 Å².